The molecule has 3 aromatic rings. The number of ether oxygens (including phenoxy) is 2. The number of benzene rings is 1. The largest absolute Gasteiger partial charge is 0.497 e. The molecular formula is C23H30N4O4S. The van der Waals surface area contributed by atoms with Gasteiger partial charge < -0.3 is 14.4 Å². The summed E-state index contributed by atoms with van der Waals surface area (Å²) in [6, 6.07) is 5.01. The Morgan fingerprint density at radius 3 is 2.59 bits per heavy atom. The van der Waals surface area contributed by atoms with Crippen LogP contribution in [0.15, 0.2) is 29.6 Å². The van der Waals surface area contributed by atoms with E-state index in [4.69, 9.17) is 9.47 Å². The molecule has 0 fully saturated rings. The van der Waals surface area contributed by atoms with Crippen molar-refractivity contribution < 1.29 is 18.5 Å². The van der Waals surface area contributed by atoms with Crippen molar-refractivity contribution in [3.05, 3.63) is 41.2 Å². The van der Waals surface area contributed by atoms with Crippen LogP contribution in [0.2, 0.25) is 0 Å². The van der Waals surface area contributed by atoms with Crippen molar-refractivity contribution in [1.29, 1.82) is 0 Å². The van der Waals surface area contributed by atoms with E-state index in [-0.39, 0.29) is 23.0 Å². The Balaban J connectivity index is 2.10. The molecule has 2 unspecified atom stereocenters. The van der Waals surface area contributed by atoms with Crippen LogP contribution >= 0.6 is 0 Å². The molecule has 2 heterocycles. The SMILES string of the molecule is CCC(C)N(C)C(=O)n1c(S(=O)Cc2ncc(C)c(OC)c2C)nc2cc(OC)ccc21. The summed E-state index contributed by atoms with van der Waals surface area (Å²) in [7, 11) is 3.30. The molecule has 1 aromatic carbocycles. The van der Waals surface area contributed by atoms with Crippen molar-refractivity contribution >= 4 is 27.9 Å². The Labute approximate surface area is 191 Å². The summed E-state index contributed by atoms with van der Waals surface area (Å²) in [6.07, 6.45) is 2.50. The molecule has 3 rings (SSSR count). The third-order valence-electron chi connectivity index (χ3n) is 5.80. The fourth-order valence-corrected chi connectivity index (χ4v) is 4.78. The van der Waals surface area contributed by atoms with Crippen LogP contribution in [0.1, 0.15) is 37.1 Å². The van der Waals surface area contributed by atoms with Gasteiger partial charge in [-0.1, -0.05) is 6.92 Å². The molecule has 9 heteroatoms. The highest BCUT2D eigenvalue weighted by Crippen LogP contribution is 2.28. The lowest BCUT2D eigenvalue weighted by Gasteiger charge is -2.24. The van der Waals surface area contributed by atoms with Crippen molar-refractivity contribution in [2.24, 2.45) is 0 Å². The maximum absolute atomic E-state index is 13.5. The number of methoxy groups -OCH3 is 2. The highest BCUT2D eigenvalue weighted by molar-refractivity contribution is 7.84. The second kappa shape index (κ2) is 9.68. The van der Waals surface area contributed by atoms with Gasteiger partial charge in [-0.25, -0.2) is 14.3 Å². The molecule has 0 bridgehead atoms. The smallest absolute Gasteiger partial charge is 0.330 e. The van der Waals surface area contributed by atoms with Gasteiger partial charge in [-0.2, -0.15) is 0 Å². The van der Waals surface area contributed by atoms with Crippen LogP contribution in [0, 0.1) is 13.8 Å². The zero-order valence-electron chi connectivity index (χ0n) is 19.6. The molecule has 8 nitrogen and oxygen atoms in total. The number of nitrogens with zero attached hydrogens (tertiary/aromatic N) is 4. The number of pyridine rings is 1. The number of carbonyl (C=O) groups excluding carboxylic acids is 1. The summed E-state index contributed by atoms with van der Waals surface area (Å²) in [4.78, 5) is 24.1. The highest BCUT2D eigenvalue weighted by Gasteiger charge is 2.26. The van der Waals surface area contributed by atoms with E-state index in [1.54, 1.807) is 50.6 Å². The minimum absolute atomic E-state index is 0.0183. The average molecular weight is 459 g/mol. The zero-order chi connectivity index (χ0) is 23.6. The Hall–Kier alpha value is -2.94. The van der Waals surface area contributed by atoms with Crippen molar-refractivity contribution in [1.82, 2.24) is 19.4 Å². The van der Waals surface area contributed by atoms with E-state index in [9.17, 15) is 9.00 Å². The minimum Gasteiger partial charge on any atom is -0.497 e. The fourth-order valence-electron chi connectivity index (χ4n) is 3.53. The molecule has 0 aliphatic rings. The van der Waals surface area contributed by atoms with Gasteiger partial charge >= 0.3 is 6.03 Å². The molecule has 0 aliphatic carbocycles. The average Bonchev–Trinajstić information content (AvgIpc) is 3.18. The quantitative estimate of drug-likeness (QED) is 0.530. The van der Waals surface area contributed by atoms with E-state index >= 15 is 0 Å². The predicted molar refractivity (Wildman–Crippen MR) is 125 cm³/mol. The highest BCUT2D eigenvalue weighted by atomic mass is 32.2. The van der Waals surface area contributed by atoms with E-state index in [2.05, 4.69) is 9.97 Å². The number of carbonyl (C=O) groups is 1. The molecule has 0 aliphatic heterocycles. The molecule has 0 spiro atoms. The van der Waals surface area contributed by atoms with E-state index < -0.39 is 10.8 Å². The van der Waals surface area contributed by atoms with Crippen LogP contribution in [-0.4, -0.2) is 57.0 Å². The Bertz CT molecular complexity index is 1170. The van der Waals surface area contributed by atoms with Crippen molar-refractivity contribution in [3.8, 4) is 11.5 Å². The lowest BCUT2D eigenvalue weighted by Crippen LogP contribution is -2.38. The molecule has 0 radical (unpaired) electrons. The second-order valence-electron chi connectivity index (χ2n) is 7.77. The minimum atomic E-state index is -1.62. The van der Waals surface area contributed by atoms with E-state index in [1.165, 1.54) is 4.57 Å². The maximum Gasteiger partial charge on any atom is 0.330 e. The zero-order valence-corrected chi connectivity index (χ0v) is 20.4. The molecule has 0 N–H and O–H groups in total. The standard InChI is InChI=1S/C23H30N4O4S/c1-8-15(3)26(5)23(28)27-20-10-9-17(30-6)11-18(20)25-22(27)32(29)13-19-16(4)21(31-7)14(2)12-24-19/h9-12,15H,8,13H2,1-7H3. The lowest BCUT2D eigenvalue weighted by atomic mass is 10.1. The Morgan fingerprint density at radius 2 is 1.97 bits per heavy atom. The summed E-state index contributed by atoms with van der Waals surface area (Å²) < 4.78 is 25.7. The first-order valence-electron chi connectivity index (χ1n) is 10.4. The number of imidazole rings is 1. The fraction of sp³-hybridized carbons (Fsp3) is 0.435. The van der Waals surface area contributed by atoms with Crippen LogP contribution in [0.3, 0.4) is 0 Å². The summed E-state index contributed by atoms with van der Waals surface area (Å²) in [5, 5.41) is 0.189. The van der Waals surface area contributed by atoms with Gasteiger partial charge in [0.25, 0.3) is 0 Å². The number of hydrogen-bond acceptors (Lipinski definition) is 6. The van der Waals surface area contributed by atoms with E-state index in [1.807, 2.05) is 27.7 Å². The van der Waals surface area contributed by atoms with Gasteiger partial charge in [-0.15, -0.1) is 0 Å². The van der Waals surface area contributed by atoms with Crippen molar-refractivity contribution in [3.63, 3.8) is 0 Å². The summed E-state index contributed by atoms with van der Waals surface area (Å²) in [5.74, 6) is 1.45. The van der Waals surface area contributed by atoms with Gasteiger partial charge in [0.2, 0.25) is 5.16 Å². The third-order valence-corrected chi connectivity index (χ3v) is 7.01. The Kier molecular flexibility index (Phi) is 7.18. The normalized spacial score (nSPS) is 13.1. The monoisotopic (exact) mass is 458 g/mol. The first-order valence-corrected chi connectivity index (χ1v) is 11.8. The van der Waals surface area contributed by atoms with Crippen molar-refractivity contribution in [2.75, 3.05) is 21.3 Å². The van der Waals surface area contributed by atoms with Gasteiger partial charge in [0, 0.05) is 36.5 Å². The first kappa shape index (κ1) is 23.7. The molecule has 172 valence electrons. The maximum atomic E-state index is 13.5. The summed E-state index contributed by atoms with van der Waals surface area (Å²) in [5.41, 5.74) is 3.51. The van der Waals surface area contributed by atoms with E-state index in [0.29, 0.717) is 22.5 Å². The number of aromatic nitrogens is 3. The summed E-state index contributed by atoms with van der Waals surface area (Å²) >= 11 is 0. The lowest BCUT2D eigenvalue weighted by molar-refractivity contribution is 0.193. The van der Waals surface area contributed by atoms with Gasteiger partial charge in [-0.3, -0.25) is 9.19 Å². The number of aryl methyl sites for hydroxylation is 1. The van der Waals surface area contributed by atoms with Gasteiger partial charge in [0.1, 0.15) is 11.5 Å². The van der Waals surface area contributed by atoms with Crippen LogP contribution in [-0.2, 0) is 16.6 Å². The number of rotatable bonds is 7. The van der Waals surface area contributed by atoms with Crippen LogP contribution in [0.5, 0.6) is 11.5 Å². The van der Waals surface area contributed by atoms with Crippen LogP contribution < -0.4 is 9.47 Å². The second-order valence-corrected chi connectivity index (χ2v) is 9.12. The van der Waals surface area contributed by atoms with Gasteiger partial charge in [0.15, 0.2) is 0 Å². The molecular weight excluding hydrogens is 428 g/mol. The topological polar surface area (TPSA) is 86.6 Å². The van der Waals surface area contributed by atoms with Gasteiger partial charge in [0.05, 0.1) is 47.5 Å². The van der Waals surface area contributed by atoms with Crippen molar-refractivity contribution in [2.45, 2.75) is 51.1 Å². The number of hydrogen-bond donors (Lipinski definition) is 0. The molecule has 1 amide bonds. The van der Waals surface area contributed by atoms with Crippen LogP contribution in [0.25, 0.3) is 11.0 Å². The number of amides is 1. The third kappa shape index (κ3) is 4.34. The van der Waals surface area contributed by atoms with E-state index in [0.717, 1.165) is 23.3 Å². The molecule has 32 heavy (non-hydrogen) atoms. The molecule has 2 aromatic heterocycles. The number of fused-ring (bicyclic) bond motifs is 1. The molecule has 0 saturated heterocycles. The molecule has 0 saturated carbocycles. The first-order chi connectivity index (χ1) is 15.2. The molecule has 2 atom stereocenters. The summed E-state index contributed by atoms with van der Waals surface area (Å²) in [6.45, 7) is 7.79. The predicted octanol–water partition coefficient (Wildman–Crippen LogP) is 4.07. The Morgan fingerprint density at radius 1 is 1.25 bits per heavy atom. The van der Waals surface area contributed by atoms with Crippen LogP contribution in [0.4, 0.5) is 4.79 Å². The van der Waals surface area contributed by atoms with Gasteiger partial charge in [-0.05, 0) is 39.3 Å².